The smallest absolute Gasteiger partial charge is 0.251 e. The van der Waals surface area contributed by atoms with Crippen molar-refractivity contribution in [2.75, 3.05) is 13.2 Å². The summed E-state index contributed by atoms with van der Waals surface area (Å²) in [7, 11) is 0. The molecule has 3 heterocycles. The maximum absolute atomic E-state index is 13.0. The molecule has 1 aliphatic heterocycles. The van der Waals surface area contributed by atoms with E-state index >= 15 is 0 Å². The number of rotatable bonds is 6. The van der Waals surface area contributed by atoms with Crippen molar-refractivity contribution in [1.82, 2.24) is 15.3 Å². The first-order valence-electron chi connectivity index (χ1n) is 9.72. The highest BCUT2D eigenvalue weighted by Crippen LogP contribution is 2.30. The zero-order valence-corrected chi connectivity index (χ0v) is 18.3. The third kappa shape index (κ3) is 4.98. The van der Waals surface area contributed by atoms with E-state index in [4.69, 9.17) is 21.1 Å². The molecule has 0 radical (unpaired) electrons. The van der Waals surface area contributed by atoms with Crippen LogP contribution >= 0.6 is 22.9 Å². The predicted octanol–water partition coefficient (Wildman–Crippen LogP) is 4.83. The third-order valence-electron chi connectivity index (χ3n) is 4.77. The largest absolute Gasteiger partial charge is 0.488 e. The Morgan fingerprint density at radius 1 is 1.30 bits per heavy atom. The van der Waals surface area contributed by atoms with Crippen LogP contribution in [0.5, 0.6) is 5.75 Å². The quantitative estimate of drug-likeness (QED) is 0.590. The lowest BCUT2D eigenvalue weighted by Crippen LogP contribution is -2.27. The molecule has 0 saturated carbocycles. The molecule has 1 fully saturated rings. The molecule has 0 spiro atoms. The van der Waals surface area contributed by atoms with Crippen molar-refractivity contribution in [3.63, 3.8) is 0 Å². The number of ether oxygens (including phenoxy) is 2. The summed E-state index contributed by atoms with van der Waals surface area (Å²) >= 11 is 7.48. The molecule has 8 heteroatoms. The minimum Gasteiger partial charge on any atom is -0.488 e. The monoisotopic (exact) mass is 443 g/mol. The Bertz CT molecular complexity index is 1030. The minimum absolute atomic E-state index is 0.00798. The highest BCUT2D eigenvalue weighted by Gasteiger charge is 2.20. The number of thiazole rings is 1. The van der Waals surface area contributed by atoms with Gasteiger partial charge in [0.15, 0.2) is 0 Å². The lowest BCUT2D eigenvalue weighted by Gasteiger charge is -2.16. The van der Waals surface area contributed by atoms with Crippen LogP contribution in [-0.4, -0.2) is 35.2 Å². The predicted molar refractivity (Wildman–Crippen MR) is 117 cm³/mol. The van der Waals surface area contributed by atoms with E-state index in [1.807, 2.05) is 32.2 Å². The van der Waals surface area contributed by atoms with E-state index in [2.05, 4.69) is 15.3 Å². The second-order valence-electron chi connectivity index (χ2n) is 7.22. The third-order valence-corrected chi connectivity index (χ3v) is 5.95. The number of pyridine rings is 1. The first-order chi connectivity index (χ1) is 14.5. The molecule has 2 atom stereocenters. The van der Waals surface area contributed by atoms with E-state index in [9.17, 15) is 4.79 Å². The van der Waals surface area contributed by atoms with Gasteiger partial charge in [0.1, 0.15) is 16.9 Å². The van der Waals surface area contributed by atoms with E-state index in [1.165, 1.54) is 0 Å². The van der Waals surface area contributed by atoms with Crippen molar-refractivity contribution in [1.29, 1.82) is 0 Å². The van der Waals surface area contributed by atoms with Crippen LogP contribution in [0.2, 0.25) is 5.02 Å². The van der Waals surface area contributed by atoms with Crippen molar-refractivity contribution in [3.8, 4) is 16.3 Å². The van der Waals surface area contributed by atoms with Crippen LogP contribution in [0.3, 0.4) is 0 Å². The van der Waals surface area contributed by atoms with Gasteiger partial charge in [-0.1, -0.05) is 11.6 Å². The number of hydrogen-bond donors (Lipinski definition) is 1. The van der Waals surface area contributed by atoms with Crippen LogP contribution in [0.1, 0.15) is 40.3 Å². The van der Waals surface area contributed by atoms with Gasteiger partial charge in [0, 0.05) is 34.8 Å². The summed E-state index contributed by atoms with van der Waals surface area (Å²) in [6.07, 6.45) is 4.22. The minimum atomic E-state index is -0.270. The number of nitrogens with zero attached hydrogens (tertiary/aromatic N) is 2. The Hall–Kier alpha value is -2.48. The second kappa shape index (κ2) is 9.12. The number of nitrogens with one attached hydrogen (secondary N) is 1. The Kier molecular flexibility index (Phi) is 6.32. The fourth-order valence-electron chi connectivity index (χ4n) is 3.21. The number of carbonyl (C=O) groups is 1. The molecule has 3 aromatic rings. The summed E-state index contributed by atoms with van der Waals surface area (Å²) in [4.78, 5) is 22.9. The Balaban J connectivity index is 1.59. The van der Waals surface area contributed by atoms with Crippen LogP contribution in [0.25, 0.3) is 10.6 Å². The average molecular weight is 444 g/mol. The maximum atomic E-state index is 13.0. The molecule has 1 amide bonds. The van der Waals surface area contributed by atoms with Crippen LogP contribution < -0.4 is 10.1 Å². The molecule has 156 valence electrons. The molecule has 2 aromatic heterocycles. The zero-order valence-electron chi connectivity index (χ0n) is 16.7. The van der Waals surface area contributed by atoms with E-state index in [0.717, 1.165) is 27.6 Å². The molecule has 1 aromatic carbocycles. The van der Waals surface area contributed by atoms with Gasteiger partial charge in [-0.15, -0.1) is 11.3 Å². The standard InChI is InChI=1S/C22H22ClN3O3S/c1-13-10-25-22(30-13)16-7-15(8-19(9-16)29-18-5-6-28-12-18)21(27)26-14(2)20-4-3-17(23)11-24-20/h3-4,7-11,14,18H,5-6,12H2,1-2H3,(H,26,27)/t14-,18+/m1/s1. The fraction of sp³-hybridized carbons (Fsp3) is 0.318. The van der Waals surface area contributed by atoms with Crippen LogP contribution in [0.15, 0.2) is 42.7 Å². The molecule has 1 aliphatic rings. The van der Waals surface area contributed by atoms with Gasteiger partial charge < -0.3 is 14.8 Å². The van der Waals surface area contributed by atoms with E-state index in [-0.39, 0.29) is 18.1 Å². The fourth-order valence-corrected chi connectivity index (χ4v) is 4.07. The van der Waals surface area contributed by atoms with E-state index in [0.29, 0.717) is 29.5 Å². The molecule has 6 nitrogen and oxygen atoms in total. The normalized spacial score (nSPS) is 17.0. The summed E-state index contributed by atoms with van der Waals surface area (Å²) in [5.74, 6) is 0.431. The number of aromatic nitrogens is 2. The van der Waals surface area contributed by atoms with Gasteiger partial charge in [-0.25, -0.2) is 4.98 Å². The number of amides is 1. The number of hydrogen-bond acceptors (Lipinski definition) is 6. The Morgan fingerprint density at radius 2 is 2.17 bits per heavy atom. The Morgan fingerprint density at radius 3 is 2.83 bits per heavy atom. The van der Waals surface area contributed by atoms with Crippen molar-refractivity contribution in [3.05, 3.63) is 63.9 Å². The van der Waals surface area contributed by atoms with Gasteiger partial charge in [-0.3, -0.25) is 9.78 Å². The van der Waals surface area contributed by atoms with Gasteiger partial charge >= 0.3 is 0 Å². The maximum Gasteiger partial charge on any atom is 0.251 e. The van der Waals surface area contributed by atoms with Crippen LogP contribution in [0.4, 0.5) is 0 Å². The summed E-state index contributed by atoms with van der Waals surface area (Å²) in [6, 6.07) is 8.82. The van der Waals surface area contributed by atoms with Crippen molar-refractivity contribution in [2.24, 2.45) is 0 Å². The van der Waals surface area contributed by atoms with E-state index < -0.39 is 0 Å². The lowest BCUT2D eigenvalue weighted by atomic mass is 10.1. The van der Waals surface area contributed by atoms with Gasteiger partial charge in [0.05, 0.1) is 30.0 Å². The average Bonchev–Trinajstić information content (AvgIpc) is 3.40. The topological polar surface area (TPSA) is 73.3 Å². The highest BCUT2D eigenvalue weighted by atomic mass is 35.5. The van der Waals surface area contributed by atoms with Gasteiger partial charge in [-0.05, 0) is 44.2 Å². The second-order valence-corrected chi connectivity index (χ2v) is 8.89. The SMILES string of the molecule is Cc1cnc(-c2cc(O[C@H]3CCOC3)cc(C(=O)N[C@H](C)c3ccc(Cl)cn3)c2)s1. The first-order valence-corrected chi connectivity index (χ1v) is 10.9. The van der Waals surface area contributed by atoms with Gasteiger partial charge in [0.25, 0.3) is 5.91 Å². The lowest BCUT2D eigenvalue weighted by molar-refractivity contribution is 0.0938. The summed E-state index contributed by atoms with van der Waals surface area (Å²) in [5, 5.41) is 4.40. The number of benzene rings is 1. The molecule has 4 rings (SSSR count). The number of aryl methyl sites for hydroxylation is 1. The zero-order chi connectivity index (χ0) is 21.1. The summed E-state index contributed by atoms with van der Waals surface area (Å²) in [6.45, 7) is 5.14. The molecular weight excluding hydrogens is 422 g/mol. The molecule has 1 saturated heterocycles. The molecule has 1 N–H and O–H groups in total. The summed E-state index contributed by atoms with van der Waals surface area (Å²) in [5.41, 5.74) is 2.10. The van der Waals surface area contributed by atoms with Crippen molar-refractivity contribution in [2.45, 2.75) is 32.4 Å². The first kappa shape index (κ1) is 20.8. The molecule has 30 heavy (non-hydrogen) atoms. The number of halogens is 1. The highest BCUT2D eigenvalue weighted by molar-refractivity contribution is 7.14. The van der Waals surface area contributed by atoms with E-state index in [1.54, 1.807) is 35.7 Å². The van der Waals surface area contributed by atoms with Crippen LogP contribution in [-0.2, 0) is 4.74 Å². The summed E-state index contributed by atoms with van der Waals surface area (Å²) < 4.78 is 11.5. The van der Waals surface area contributed by atoms with Gasteiger partial charge in [-0.2, -0.15) is 0 Å². The van der Waals surface area contributed by atoms with Crippen molar-refractivity contribution < 1.29 is 14.3 Å². The molecular formula is C22H22ClN3O3S. The van der Waals surface area contributed by atoms with Crippen LogP contribution in [0, 0.1) is 6.92 Å². The Labute approximate surface area is 184 Å². The molecule has 0 bridgehead atoms. The van der Waals surface area contributed by atoms with Crippen molar-refractivity contribution >= 4 is 28.8 Å². The molecule has 0 aliphatic carbocycles. The molecule has 0 unspecified atom stereocenters. The number of carbonyl (C=O) groups excluding carboxylic acids is 1. The van der Waals surface area contributed by atoms with Gasteiger partial charge in [0.2, 0.25) is 0 Å².